The van der Waals surface area contributed by atoms with Gasteiger partial charge in [-0.15, -0.1) is 0 Å². The lowest BCUT2D eigenvalue weighted by molar-refractivity contribution is 0.0946. The van der Waals surface area contributed by atoms with Crippen molar-refractivity contribution < 1.29 is 4.79 Å². The van der Waals surface area contributed by atoms with Crippen molar-refractivity contribution in [3.05, 3.63) is 28.0 Å². The van der Waals surface area contributed by atoms with E-state index < -0.39 is 0 Å². The third-order valence-electron chi connectivity index (χ3n) is 3.83. The Morgan fingerprint density at radius 3 is 2.65 bits per heavy atom. The normalized spacial score (nSPS) is 17.8. The van der Waals surface area contributed by atoms with Crippen molar-refractivity contribution in [1.82, 2.24) is 10.3 Å². The number of pyridine rings is 1. The van der Waals surface area contributed by atoms with Gasteiger partial charge in [0.05, 0.1) is 5.56 Å². The molecule has 0 saturated heterocycles. The molecule has 0 aromatic carbocycles. The largest absolute Gasteiger partial charge is 0.351 e. The first kappa shape index (κ1) is 15.9. The lowest BCUT2D eigenvalue weighted by Gasteiger charge is -2.35. The Morgan fingerprint density at radius 2 is 2.05 bits per heavy atom. The highest BCUT2D eigenvalue weighted by atomic mass is 35.5. The fraction of sp³-hybridized carbons (Fsp3) is 0.571. The quantitative estimate of drug-likeness (QED) is 0.841. The maximum absolute atomic E-state index is 12.2. The van der Waals surface area contributed by atoms with Gasteiger partial charge in [-0.25, -0.2) is 4.98 Å². The van der Waals surface area contributed by atoms with Crippen LogP contribution < -0.4 is 5.32 Å². The fourth-order valence-corrected chi connectivity index (χ4v) is 3.91. The number of thioether (sulfide) groups is 1. The van der Waals surface area contributed by atoms with Gasteiger partial charge in [0, 0.05) is 11.3 Å². The summed E-state index contributed by atoms with van der Waals surface area (Å²) in [7, 11) is 0. The first-order valence-electron chi connectivity index (χ1n) is 6.72. The molecule has 20 heavy (non-hydrogen) atoms. The van der Waals surface area contributed by atoms with Crippen LogP contribution >= 0.6 is 35.0 Å². The van der Waals surface area contributed by atoms with E-state index in [-0.39, 0.29) is 15.8 Å². The van der Waals surface area contributed by atoms with E-state index in [0.717, 1.165) is 12.8 Å². The molecule has 1 N–H and O–H groups in total. The van der Waals surface area contributed by atoms with Crippen LogP contribution in [0.15, 0.2) is 12.1 Å². The van der Waals surface area contributed by atoms with Crippen LogP contribution in [-0.4, -0.2) is 28.4 Å². The number of carbonyl (C=O) groups excluding carboxylic acids is 1. The van der Waals surface area contributed by atoms with E-state index in [1.54, 1.807) is 12.1 Å². The first-order valence-corrected chi connectivity index (χ1v) is 8.70. The van der Waals surface area contributed by atoms with Crippen molar-refractivity contribution >= 4 is 40.9 Å². The molecule has 6 heteroatoms. The van der Waals surface area contributed by atoms with Crippen molar-refractivity contribution in [2.75, 3.05) is 12.8 Å². The Balaban J connectivity index is 2.00. The second-order valence-corrected chi connectivity index (χ2v) is 7.12. The standard InChI is InChI=1S/C14H18Cl2N2OS/c1-20-14(7-3-2-4-8-14)9-17-13(19)10-5-6-11(15)18-12(10)16/h5-6H,2-4,7-9H2,1H3,(H,17,19). The van der Waals surface area contributed by atoms with Gasteiger partial charge in [0.1, 0.15) is 10.3 Å². The van der Waals surface area contributed by atoms with E-state index in [4.69, 9.17) is 23.2 Å². The van der Waals surface area contributed by atoms with Gasteiger partial charge in [0.2, 0.25) is 0 Å². The van der Waals surface area contributed by atoms with E-state index in [1.165, 1.54) is 19.3 Å². The van der Waals surface area contributed by atoms with Crippen LogP contribution in [0.1, 0.15) is 42.5 Å². The van der Waals surface area contributed by atoms with Gasteiger partial charge in [-0.2, -0.15) is 11.8 Å². The zero-order chi connectivity index (χ0) is 14.6. The Bertz CT molecular complexity index is 490. The van der Waals surface area contributed by atoms with E-state index >= 15 is 0 Å². The zero-order valence-electron chi connectivity index (χ0n) is 11.4. The van der Waals surface area contributed by atoms with Crippen LogP contribution in [-0.2, 0) is 0 Å². The van der Waals surface area contributed by atoms with Crippen LogP contribution in [0.5, 0.6) is 0 Å². The zero-order valence-corrected chi connectivity index (χ0v) is 13.7. The number of rotatable bonds is 4. The summed E-state index contributed by atoms with van der Waals surface area (Å²) in [5.74, 6) is -0.182. The molecule has 1 aromatic heterocycles. The molecule has 1 aliphatic carbocycles. The second kappa shape index (κ2) is 7.01. The number of carbonyl (C=O) groups is 1. The molecule has 1 fully saturated rings. The van der Waals surface area contributed by atoms with Gasteiger partial charge in [0.15, 0.2) is 0 Å². The Morgan fingerprint density at radius 1 is 1.35 bits per heavy atom. The Hall–Kier alpha value is -0.450. The summed E-state index contributed by atoms with van der Waals surface area (Å²) in [5.41, 5.74) is 0.378. The predicted octanol–water partition coefficient (Wildman–Crippen LogP) is 4.18. The lowest BCUT2D eigenvalue weighted by Crippen LogP contribution is -2.41. The average molecular weight is 333 g/mol. The van der Waals surface area contributed by atoms with Crippen LogP contribution in [0.3, 0.4) is 0 Å². The summed E-state index contributed by atoms with van der Waals surface area (Å²) in [5, 5.41) is 3.43. The third-order valence-corrected chi connectivity index (χ3v) is 5.75. The molecule has 0 spiro atoms. The van der Waals surface area contributed by atoms with Gasteiger partial charge in [-0.3, -0.25) is 4.79 Å². The summed E-state index contributed by atoms with van der Waals surface area (Å²) in [6.07, 6.45) is 8.19. The molecule has 1 aliphatic rings. The van der Waals surface area contributed by atoms with E-state index in [9.17, 15) is 4.79 Å². The van der Waals surface area contributed by atoms with Gasteiger partial charge < -0.3 is 5.32 Å². The molecule has 3 nitrogen and oxygen atoms in total. The van der Waals surface area contributed by atoms with Crippen molar-refractivity contribution in [2.24, 2.45) is 0 Å². The van der Waals surface area contributed by atoms with Crippen molar-refractivity contribution in [1.29, 1.82) is 0 Å². The van der Waals surface area contributed by atoms with Crippen LogP contribution in [0.4, 0.5) is 0 Å². The molecule has 0 unspecified atom stereocenters. The number of halogens is 2. The third kappa shape index (κ3) is 3.80. The minimum atomic E-state index is -0.182. The van der Waals surface area contributed by atoms with Gasteiger partial charge in [0.25, 0.3) is 5.91 Å². The molecule has 0 radical (unpaired) electrons. The maximum Gasteiger partial charge on any atom is 0.254 e. The fourth-order valence-electron chi connectivity index (χ4n) is 2.57. The molecule has 1 amide bonds. The SMILES string of the molecule is CSC1(CNC(=O)c2ccc(Cl)nc2Cl)CCCCC1. The Kier molecular flexibility index (Phi) is 5.58. The molecule has 1 heterocycles. The summed E-state index contributed by atoms with van der Waals surface area (Å²) in [6, 6.07) is 3.19. The summed E-state index contributed by atoms with van der Waals surface area (Å²) >= 11 is 13.5. The highest BCUT2D eigenvalue weighted by Crippen LogP contribution is 2.38. The summed E-state index contributed by atoms with van der Waals surface area (Å²) < 4.78 is 0.167. The second-order valence-electron chi connectivity index (χ2n) is 5.10. The van der Waals surface area contributed by atoms with Crippen LogP contribution in [0, 0.1) is 0 Å². The highest BCUT2D eigenvalue weighted by molar-refractivity contribution is 8.00. The number of hydrogen-bond donors (Lipinski definition) is 1. The molecular formula is C14H18Cl2N2OS. The van der Waals surface area contributed by atoms with Crippen molar-refractivity contribution in [2.45, 2.75) is 36.9 Å². The lowest BCUT2D eigenvalue weighted by atomic mass is 9.88. The van der Waals surface area contributed by atoms with Gasteiger partial charge >= 0.3 is 0 Å². The number of hydrogen-bond acceptors (Lipinski definition) is 3. The maximum atomic E-state index is 12.2. The average Bonchev–Trinajstić information content (AvgIpc) is 2.46. The van der Waals surface area contributed by atoms with Crippen LogP contribution in [0.25, 0.3) is 0 Å². The van der Waals surface area contributed by atoms with E-state index in [0.29, 0.717) is 17.3 Å². The van der Waals surface area contributed by atoms with Crippen molar-refractivity contribution in [3.8, 4) is 0 Å². The molecule has 0 atom stereocenters. The first-order chi connectivity index (χ1) is 9.56. The minimum Gasteiger partial charge on any atom is -0.351 e. The smallest absolute Gasteiger partial charge is 0.254 e. The predicted molar refractivity (Wildman–Crippen MR) is 85.9 cm³/mol. The van der Waals surface area contributed by atoms with E-state index in [1.807, 2.05) is 11.8 Å². The molecule has 110 valence electrons. The summed E-state index contributed by atoms with van der Waals surface area (Å²) in [6.45, 7) is 0.673. The number of aromatic nitrogens is 1. The van der Waals surface area contributed by atoms with E-state index in [2.05, 4.69) is 16.6 Å². The topological polar surface area (TPSA) is 42.0 Å². The number of nitrogens with one attached hydrogen (secondary N) is 1. The molecule has 1 aromatic rings. The molecule has 0 aliphatic heterocycles. The molecule has 1 saturated carbocycles. The number of nitrogens with zero attached hydrogens (tertiary/aromatic N) is 1. The molecular weight excluding hydrogens is 315 g/mol. The van der Waals surface area contributed by atoms with Gasteiger partial charge in [-0.05, 0) is 31.2 Å². The number of amides is 1. The molecule has 2 rings (SSSR count). The Labute approximate surface area is 133 Å². The van der Waals surface area contributed by atoms with Gasteiger partial charge in [-0.1, -0.05) is 42.5 Å². The monoisotopic (exact) mass is 332 g/mol. The highest BCUT2D eigenvalue weighted by Gasteiger charge is 2.31. The molecule has 0 bridgehead atoms. The minimum absolute atomic E-state index is 0.150. The summed E-state index contributed by atoms with van der Waals surface area (Å²) in [4.78, 5) is 16.1. The van der Waals surface area contributed by atoms with Crippen LogP contribution in [0.2, 0.25) is 10.3 Å². The van der Waals surface area contributed by atoms with Crippen molar-refractivity contribution in [3.63, 3.8) is 0 Å².